The van der Waals surface area contributed by atoms with Crippen molar-refractivity contribution in [3.63, 3.8) is 0 Å². The van der Waals surface area contributed by atoms with Crippen molar-refractivity contribution in [3.8, 4) is 0 Å². The first-order chi connectivity index (χ1) is 6.00. The van der Waals surface area contributed by atoms with Gasteiger partial charge in [0, 0.05) is 0 Å². The highest BCUT2D eigenvalue weighted by molar-refractivity contribution is 5.08. The van der Waals surface area contributed by atoms with Crippen LogP contribution in [0.5, 0.6) is 0 Å². The lowest BCUT2D eigenvalue weighted by Crippen LogP contribution is -2.57. The monoisotopic (exact) mass is 180 g/mol. The predicted molar refractivity (Wildman–Crippen MR) is 52.3 cm³/mol. The van der Waals surface area contributed by atoms with Crippen molar-refractivity contribution >= 4 is 0 Å². The summed E-state index contributed by atoms with van der Waals surface area (Å²) in [5, 5.41) is 10.4. The molecule has 74 valence electrons. The largest absolute Gasteiger partial charge is 0.390 e. The molecule has 1 N–H and O–H groups in total. The van der Waals surface area contributed by atoms with Crippen LogP contribution >= 0.6 is 0 Å². The molecular weight excluding hydrogens is 160 g/mol. The molecule has 13 heavy (non-hydrogen) atoms. The van der Waals surface area contributed by atoms with Crippen molar-refractivity contribution in [2.45, 2.75) is 51.6 Å². The molecule has 0 aromatic heterocycles. The van der Waals surface area contributed by atoms with E-state index < -0.39 is 0 Å². The Morgan fingerprint density at radius 2 is 1.62 bits per heavy atom. The van der Waals surface area contributed by atoms with Crippen LogP contribution in [0.2, 0.25) is 0 Å². The zero-order valence-electron chi connectivity index (χ0n) is 8.71. The maximum absolute atomic E-state index is 10.4. The molecular formula is C12H20O. The molecule has 1 heteroatoms. The Balaban J connectivity index is 1.99. The number of rotatable bonds is 0. The maximum Gasteiger partial charge on any atom is 0.0658 e. The van der Waals surface area contributed by atoms with E-state index in [1.54, 1.807) is 0 Å². The van der Waals surface area contributed by atoms with Gasteiger partial charge >= 0.3 is 0 Å². The summed E-state index contributed by atoms with van der Waals surface area (Å²) in [6.45, 7) is 4.79. The minimum Gasteiger partial charge on any atom is -0.390 e. The third kappa shape index (κ3) is 1.03. The van der Waals surface area contributed by atoms with Crippen LogP contribution in [-0.4, -0.2) is 10.7 Å². The van der Waals surface area contributed by atoms with Gasteiger partial charge in [0.1, 0.15) is 0 Å². The van der Waals surface area contributed by atoms with Crippen LogP contribution < -0.4 is 0 Å². The molecule has 4 bridgehead atoms. The minimum atomic E-state index is -0.257. The van der Waals surface area contributed by atoms with Crippen molar-refractivity contribution in [1.82, 2.24) is 0 Å². The Morgan fingerprint density at radius 3 is 2.08 bits per heavy atom. The minimum absolute atomic E-state index is 0.257. The quantitative estimate of drug-likeness (QED) is 0.607. The lowest BCUT2D eigenvalue weighted by Gasteiger charge is -2.62. The van der Waals surface area contributed by atoms with E-state index in [1.807, 2.05) is 0 Å². The number of hydrogen-bond acceptors (Lipinski definition) is 1. The average molecular weight is 180 g/mol. The van der Waals surface area contributed by atoms with Gasteiger partial charge in [-0.05, 0) is 55.3 Å². The van der Waals surface area contributed by atoms with Gasteiger partial charge in [-0.1, -0.05) is 13.8 Å². The van der Waals surface area contributed by atoms with Gasteiger partial charge in [-0.15, -0.1) is 0 Å². The Kier molecular flexibility index (Phi) is 1.36. The highest BCUT2D eigenvalue weighted by atomic mass is 16.3. The molecule has 0 spiro atoms. The summed E-state index contributed by atoms with van der Waals surface area (Å²) in [6.07, 6.45) is 6.04. The predicted octanol–water partition coefficient (Wildman–Crippen LogP) is 2.58. The van der Waals surface area contributed by atoms with Crippen LogP contribution in [0.15, 0.2) is 0 Å². The van der Waals surface area contributed by atoms with Crippen molar-refractivity contribution in [3.05, 3.63) is 0 Å². The van der Waals surface area contributed by atoms with Gasteiger partial charge < -0.3 is 5.11 Å². The highest BCUT2D eigenvalue weighted by Crippen LogP contribution is 2.63. The number of aliphatic hydroxyl groups is 1. The van der Waals surface area contributed by atoms with Crippen molar-refractivity contribution < 1.29 is 5.11 Å². The molecule has 4 aliphatic carbocycles. The summed E-state index contributed by atoms with van der Waals surface area (Å²) in [7, 11) is 0. The zero-order valence-corrected chi connectivity index (χ0v) is 8.71. The molecule has 0 aromatic carbocycles. The van der Waals surface area contributed by atoms with Crippen LogP contribution in [0.1, 0.15) is 46.0 Å². The highest BCUT2D eigenvalue weighted by Gasteiger charge is 2.57. The first-order valence-electron chi connectivity index (χ1n) is 5.72. The molecule has 4 saturated carbocycles. The third-order valence-corrected chi connectivity index (χ3v) is 5.04. The first kappa shape index (κ1) is 8.28. The van der Waals surface area contributed by atoms with E-state index in [0.29, 0.717) is 5.41 Å². The van der Waals surface area contributed by atoms with Crippen molar-refractivity contribution in [2.75, 3.05) is 0 Å². The number of hydrogen-bond donors (Lipinski definition) is 1. The van der Waals surface area contributed by atoms with E-state index in [1.165, 1.54) is 12.8 Å². The molecule has 4 aliphatic rings. The summed E-state index contributed by atoms with van der Waals surface area (Å²) < 4.78 is 0. The topological polar surface area (TPSA) is 20.2 Å². The van der Waals surface area contributed by atoms with E-state index in [0.717, 1.165) is 37.0 Å². The van der Waals surface area contributed by atoms with Gasteiger partial charge in [0.2, 0.25) is 0 Å². The maximum atomic E-state index is 10.4. The molecule has 0 heterocycles. The Labute approximate surface area is 80.5 Å². The Hall–Kier alpha value is -0.0400. The van der Waals surface area contributed by atoms with Gasteiger partial charge in [-0.2, -0.15) is 0 Å². The summed E-state index contributed by atoms with van der Waals surface area (Å²) in [6, 6.07) is 0. The molecule has 0 saturated heterocycles. The smallest absolute Gasteiger partial charge is 0.0658 e. The summed E-state index contributed by atoms with van der Waals surface area (Å²) in [5.74, 6) is 2.54. The fraction of sp³-hybridized carbons (Fsp3) is 1.00. The Bertz CT molecular complexity index is 210. The van der Waals surface area contributed by atoms with Crippen LogP contribution in [0.3, 0.4) is 0 Å². The van der Waals surface area contributed by atoms with Crippen LogP contribution in [-0.2, 0) is 0 Å². The second-order valence-corrected chi connectivity index (χ2v) is 6.41. The van der Waals surface area contributed by atoms with E-state index in [9.17, 15) is 5.11 Å². The summed E-state index contributed by atoms with van der Waals surface area (Å²) >= 11 is 0. The summed E-state index contributed by atoms with van der Waals surface area (Å²) in [5.41, 5.74) is 0.236. The van der Waals surface area contributed by atoms with Gasteiger partial charge in [-0.3, -0.25) is 0 Å². The fourth-order valence-electron chi connectivity index (χ4n) is 4.76. The van der Waals surface area contributed by atoms with E-state index in [4.69, 9.17) is 0 Å². The Morgan fingerprint density at radius 1 is 1.08 bits per heavy atom. The molecule has 0 amide bonds. The average Bonchev–Trinajstić information content (AvgIpc) is 1.94. The molecule has 0 radical (unpaired) electrons. The molecule has 4 rings (SSSR count). The van der Waals surface area contributed by atoms with E-state index in [2.05, 4.69) is 13.8 Å². The van der Waals surface area contributed by atoms with Gasteiger partial charge in [0.05, 0.1) is 5.60 Å². The van der Waals surface area contributed by atoms with Crippen LogP contribution in [0.4, 0.5) is 0 Å². The molecule has 2 unspecified atom stereocenters. The summed E-state index contributed by atoms with van der Waals surface area (Å²) in [4.78, 5) is 0. The van der Waals surface area contributed by atoms with Crippen LogP contribution in [0.25, 0.3) is 0 Å². The second kappa shape index (κ2) is 2.13. The fourth-order valence-corrected chi connectivity index (χ4v) is 4.76. The lowest BCUT2D eigenvalue weighted by atomic mass is 9.45. The zero-order chi connectivity index (χ0) is 9.27. The van der Waals surface area contributed by atoms with E-state index >= 15 is 0 Å². The molecule has 0 aromatic rings. The van der Waals surface area contributed by atoms with Gasteiger partial charge in [-0.25, -0.2) is 0 Å². The van der Waals surface area contributed by atoms with E-state index in [-0.39, 0.29) is 5.60 Å². The van der Waals surface area contributed by atoms with Crippen molar-refractivity contribution in [1.29, 1.82) is 0 Å². The second-order valence-electron chi connectivity index (χ2n) is 6.41. The third-order valence-electron chi connectivity index (χ3n) is 5.04. The normalized spacial score (nSPS) is 64.4. The van der Waals surface area contributed by atoms with Crippen molar-refractivity contribution in [2.24, 2.45) is 23.2 Å². The molecule has 0 aliphatic heterocycles. The molecule has 4 fully saturated rings. The standard InChI is InChI=1S/C12H20O/c1-8-9-3-11(2)4-10(8)6-12(13,5-9)7-11/h8-10,13H,3-7H2,1-2H3. The first-order valence-corrected chi connectivity index (χ1v) is 5.72. The van der Waals surface area contributed by atoms with Gasteiger partial charge in [0.25, 0.3) is 0 Å². The molecule has 1 nitrogen and oxygen atoms in total. The van der Waals surface area contributed by atoms with Crippen LogP contribution in [0, 0.1) is 23.2 Å². The van der Waals surface area contributed by atoms with Gasteiger partial charge in [0.15, 0.2) is 0 Å². The lowest BCUT2D eigenvalue weighted by molar-refractivity contribution is -0.179. The molecule has 2 atom stereocenters. The SMILES string of the molecule is CC1C2CC3(C)CC1CC(O)(C2)C3.